The molecule has 8 heteroatoms. The summed E-state index contributed by atoms with van der Waals surface area (Å²) in [6.07, 6.45) is 5.60. The van der Waals surface area contributed by atoms with Crippen LogP contribution >= 0.6 is 11.3 Å². The summed E-state index contributed by atoms with van der Waals surface area (Å²) in [5.41, 5.74) is 2.04. The molecule has 0 amide bonds. The second kappa shape index (κ2) is 10.5. The van der Waals surface area contributed by atoms with E-state index in [1.165, 1.54) is 0 Å². The van der Waals surface area contributed by atoms with E-state index in [0.29, 0.717) is 12.4 Å². The van der Waals surface area contributed by atoms with Crippen LogP contribution in [0.2, 0.25) is 0 Å². The van der Waals surface area contributed by atoms with Crippen LogP contribution in [0.5, 0.6) is 11.5 Å². The summed E-state index contributed by atoms with van der Waals surface area (Å²) in [7, 11) is 0. The molecule has 0 bridgehead atoms. The van der Waals surface area contributed by atoms with Gasteiger partial charge in [-0.3, -0.25) is 4.98 Å². The van der Waals surface area contributed by atoms with Gasteiger partial charge >= 0.3 is 0 Å². The Balaban J connectivity index is 1.26. The molecule has 0 radical (unpaired) electrons. The normalized spacial score (nSPS) is 15.7. The Morgan fingerprint density at radius 1 is 1.03 bits per heavy atom. The zero-order chi connectivity index (χ0) is 23.2. The fourth-order valence-electron chi connectivity index (χ4n) is 3.99. The third-order valence-corrected chi connectivity index (χ3v) is 6.33. The fraction of sp³-hybridized carbons (Fsp3) is 0.269. The van der Waals surface area contributed by atoms with Crippen molar-refractivity contribution in [2.75, 3.05) is 29.9 Å². The predicted molar refractivity (Wildman–Crippen MR) is 136 cm³/mol. The number of piperidine rings is 1. The van der Waals surface area contributed by atoms with Gasteiger partial charge < -0.3 is 19.7 Å². The number of para-hydroxylation sites is 2. The molecule has 0 aliphatic carbocycles. The van der Waals surface area contributed by atoms with E-state index in [1.807, 2.05) is 54.8 Å². The Bertz CT molecular complexity index is 1220. The number of ether oxygens (including phenoxy) is 2. The van der Waals surface area contributed by atoms with Crippen LogP contribution in [0.15, 0.2) is 72.4 Å². The monoisotopic (exact) mass is 473 g/mol. The van der Waals surface area contributed by atoms with Crippen LogP contribution in [-0.4, -0.2) is 40.8 Å². The van der Waals surface area contributed by atoms with Gasteiger partial charge in [-0.25, -0.2) is 9.97 Å². The van der Waals surface area contributed by atoms with Crippen molar-refractivity contribution in [3.05, 3.63) is 72.4 Å². The van der Waals surface area contributed by atoms with Crippen LogP contribution in [0.3, 0.4) is 0 Å². The van der Waals surface area contributed by atoms with Gasteiger partial charge in [-0.2, -0.15) is 0 Å². The lowest BCUT2D eigenvalue weighted by atomic mass is 10.1. The van der Waals surface area contributed by atoms with Gasteiger partial charge in [-0.1, -0.05) is 42.5 Å². The number of nitrogens with zero attached hydrogens (tertiary/aromatic N) is 4. The van der Waals surface area contributed by atoms with Gasteiger partial charge in [0, 0.05) is 17.5 Å². The molecule has 174 valence electrons. The average Bonchev–Trinajstić information content (AvgIpc) is 3.35. The van der Waals surface area contributed by atoms with Gasteiger partial charge in [0.25, 0.3) is 0 Å². The zero-order valence-electron chi connectivity index (χ0n) is 19.1. The van der Waals surface area contributed by atoms with Gasteiger partial charge in [0.05, 0.1) is 31.2 Å². The zero-order valence-corrected chi connectivity index (χ0v) is 19.9. The first-order valence-corrected chi connectivity index (χ1v) is 12.4. The Kier molecular flexibility index (Phi) is 6.86. The number of nitrogens with one attached hydrogen (secondary N) is 1. The molecule has 2 aromatic heterocycles. The van der Waals surface area contributed by atoms with Crippen molar-refractivity contribution in [3.63, 3.8) is 0 Å². The number of benzene rings is 2. The van der Waals surface area contributed by atoms with Crippen molar-refractivity contribution in [1.29, 1.82) is 0 Å². The van der Waals surface area contributed by atoms with E-state index in [9.17, 15) is 0 Å². The lowest BCUT2D eigenvalue weighted by molar-refractivity contribution is 0.170. The van der Waals surface area contributed by atoms with Gasteiger partial charge in [-0.15, -0.1) is 11.3 Å². The highest BCUT2D eigenvalue weighted by Crippen LogP contribution is 2.30. The number of aromatic nitrogens is 3. The smallest absolute Gasteiger partial charge is 0.188 e. The molecule has 1 N–H and O–H groups in total. The molecule has 5 rings (SSSR count). The molecular weight excluding hydrogens is 446 g/mol. The molecule has 1 atom stereocenters. The number of anilines is 3. The Labute approximate surface area is 203 Å². The molecule has 4 aromatic rings. The van der Waals surface area contributed by atoms with E-state index in [4.69, 9.17) is 19.4 Å². The topological polar surface area (TPSA) is 72.4 Å². The van der Waals surface area contributed by atoms with Crippen molar-refractivity contribution in [3.8, 4) is 22.8 Å². The SMILES string of the molecule is CCOc1ccccc1O[C@@H]1CCCN(c2cncc(Nc3nc(-c4ccccc4)cs3)n2)C1. The van der Waals surface area contributed by atoms with E-state index < -0.39 is 0 Å². The summed E-state index contributed by atoms with van der Waals surface area (Å²) < 4.78 is 12.0. The third-order valence-electron chi connectivity index (χ3n) is 5.58. The summed E-state index contributed by atoms with van der Waals surface area (Å²) >= 11 is 1.55. The highest BCUT2D eigenvalue weighted by Gasteiger charge is 2.24. The van der Waals surface area contributed by atoms with Crippen LogP contribution in [0.25, 0.3) is 11.3 Å². The van der Waals surface area contributed by atoms with E-state index >= 15 is 0 Å². The summed E-state index contributed by atoms with van der Waals surface area (Å²) in [6.45, 7) is 4.25. The minimum absolute atomic E-state index is 0.0566. The van der Waals surface area contributed by atoms with Crippen LogP contribution in [0, 0.1) is 0 Å². The van der Waals surface area contributed by atoms with Gasteiger partial charge in [-0.05, 0) is 31.9 Å². The van der Waals surface area contributed by atoms with E-state index in [2.05, 4.69) is 27.3 Å². The molecule has 1 aliphatic rings. The summed E-state index contributed by atoms with van der Waals surface area (Å²) in [4.78, 5) is 16.1. The molecule has 1 aliphatic heterocycles. The average molecular weight is 474 g/mol. The number of hydrogen-bond donors (Lipinski definition) is 1. The molecular formula is C26H27N5O2S. The predicted octanol–water partition coefficient (Wildman–Crippen LogP) is 5.79. The van der Waals surface area contributed by atoms with E-state index in [-0.39, 0.29) is 6.10 Å². The first-order chi connectivity index (χ1) is 16.8. The van der Waals surface area contributed by atoms with Gasteiger partial charge in [0.1, 0.15) is 11.9 Å². The molecule has 1 fully saturated rings. The van der Waals surface area contributed by atoms with Crippen molar-refractivity contribution >= 4 is 28.1 Å². The van der Waals surface area contributed by atoms with Crippen LogP contribution in [0.1, 0.15) is 19.8 Å². The molecule has 7 nitrogen and oxygen atoms in total. The Morgan fingerprint density at radius 2 is 1.85 bits per heavy atom. The van der Waals surface area contributed by atoms with E-state index in [0.717, 1.165) is 59.6 Å². The summed E-state index contributed by atoms with van der Waals surface area (Å²) in [5, 5.41) is 6.14. The lowest BCUT2D eigenvalue weighted by Gasteiger charge is -2.33. The maximum absolute atomic E-state index is 6.32. The highest BCUT2D eigenvalue weighted by molar-refractivity contribution is 7.14. The second-order valence-corrected chi connectivity index (χ2v) is 8.86. The first-order valence-electron chi connectivity index (χ1n) is 11.5. The third kappa shape index (κ3) is 5.28. The first kappa shape index (κ1) is 22.2. The second-order valence-electron chi connectivity index (χ2n) is 8.00. The largest absolute Gasteiger partial charge is 0.490 e. The van der Waals surface area contributed by atoms with E-state index in [1.54, 1.807) is 23.7 Å². The summed E-state index contributed by atoms with van der Waals surface area (Å²) in [6, 6.07) is 18.0. The van der Waals surface area contributed by atoms with Crippen molar-refractivity contribution in [2.24, 2.45) is 0 Å². The van der Waals surface area contributed by atoms with Crippen molar-refractivity contribution < 1.29 is 9.47 Å². The maximum atomic E-state index is 6.32. The molecule has 2 aromatic carbocycles. The molecule has 0 unspecified atom stereocenters. The van der Waals surface area contributed by atoms with Crippen molar-refractivity contribution in [2.45, 2.75) is 25.9 Å². The number of rotatable bonds is 8. The standard InChI is InChI=1S/C26H27N5O2S/c1-2-32-22-12-6-7-13-23(22)33-20-11-8-14-31(17-20)25-16-27-15-24(29-25)30-26-28-21(18-34-26)19-9-4-3-5-10-19/h3-7,9-10,12-13,15-16,18,20H,2,8,11,14,17H2,1H3,(H,28,29,30)/t20-/m1/s1. The Morgan fingerprint density at radius 3 is 2.71 bits per heavy atom. The van der Waals surface area contributed by atoms with Crippen molar-refractivity contribution in [1.82, 2.24) is 15.0 Å². The minimum Gasteiger partial charge on any atom is -0.490 e. The quantitative estimate of drug-likeness (QED) is 0.347. The maximum Gasteiger partial charge on any atom is 0.188 e. The number of thiazole rings is 1. The number of hydrogen-bond acceptors (Lipinski definition) is 8. The molecule has 3 heterocycles. The van der Waals surface area contributed by atoms with Gasteiger partial charge in [0.2, 0.25) is 0 Å². The van der Waals surface area contributed by atoms with Crippen LogP contribution in [-0.2, 0) is 0 Å². The molecule has 0 saturated carbocycles. The fourth-order valence-corrected chi connectivity index (χ4v) is 4.72. The van der Waals surface area contributed by atoms with Crippen LogP contribution < -0.4 is 19.7 Å². The van der Waals surface area contributed by atoms with Crippen LogP contribution in [0.4, 0.5) is 16.8 Å². The Hall–Kier alpha value is -3.65. The summed E-state index contributed by atoms with van der Waals surface area (Å²) in [5.74, 6) is 3.08. The lowest BCUT2D eigenvalue weighted by Crippen LogP contribution is -2.41. The minimum atomic E-state index is 0.0566. The highest BCUT2D eigenvalue weighted by atomic mass is 32.1. The molecule has 34 heavy (non-hydrogen) atoms. The molecule has 0 spiro atoms. The van der Waals surface area contributed by atoms with Gasteiger partial charge in [0.15, 0.2) is 22.4 Å². The molecule has 1 saturated heterocycles.